The summed E-state index contributed by atoms with van der Waals surface area (Å²) in [5.74, 6) is 0.0446. The van der Waals surface area contributed by atoms with Crippen LogP contribution in [0, 0.1) is 0 Å². The van der Waals surface area contributed by atoms with Gasteiger partial charge in [0.05, 0.1) is 18.6 Å². The Bertz CT molecular complexity index is 1350. The predicted molar refractivity (Wildman–Crippen MR) is 136 cm³/mol. The van der Waals surface area contributed by atoms with E-state index in [2.05, 4.69) is 22.7 Å². The molecule has 172 valence electrons. The van der Waals surface area contributed by atoms with Crippen LogP contribution in [0.15, 0.2) is 88.9 Å². The summed E-state index contributed by atoms with van der Waals surface area (Å²) in [5, 5.41) is 8.30. The van der Waals surface area contributed by atoms with Crippen molar-refractivity contribution in [1.29, 1.82) is 0 Å². The summed E-state index contributed by atoms with van der Waals surface area (Å²) in [6.45, 7) is 1.82. The molecule has 0 unspecified atom stereocenters. The number of amides is 1. The summed E-state index contributed by atoms with van der Waals surface area (Å²) in [5.41, 5.74) is 3.26. The van der Waals surface area contributed by atoms with Gasteiger partial charge in [-0.3, -0.25) is 4.79 Å². The fourth-order valence-electron chi connectivity index (χ4n) is 3.54. The van der Waals surface area contributed by atoms with Crippen LogP contribution in [0.25, 0.3) is 21.5 Å². The zero-order chi connectivity index (χ0) is 23.8. The average Bonchev–Trinajstić information content (AvgIpc) is 2.87. The number of rotatable bonds is 9. The van der Waals surface area contributed by atoms with Gasteiger partial charge in [0, 0.05) is 10.5 Å². The fraction of sp³-hybridized carbons (Fsp3) is 0.148. The zero-order valence-electron chi connectivity index (χ0n) is 18.7. The van der Waals surface area contributed by atoms with Crippen LogP contribution in [0.3, 0.4) is 0 Å². The van der Waals surface area contributed by atoms with E-state index in [9.17, 15) is 9.59 Å². The predicted octanol–water partition coefficient (Wildman–Crippen LogP) is 5.18. The van der Waals surface area contributed by atoms with Crippen LogP contribution in [-0.2, 0) is 14.3 Å². The van der Waals surface area contributed by atoms with Crippen LogP contribution in [0.5, 0.6) is 5.75 Å². The van der Waals surface area contributed by atoms with Crippen LogP contribution >= 0.6 is 11.8 Å². The molecule has 7 heteroatoms. The molecule has 0 bridgehead atoms. The van der Waals surface area contributed by atoms with Crippen molar-refractivity contribution < 1.29 is 19.1 Å². The molecular weight excluding hydrogens is 448 g/mol. The first-order valence-corrected chi connectivity index (χ1v) is 11.9. The molecule has 1 amide bonds. The molecule has 1 N–H and O–H groups in total. The Morgan fingerprint density at radius 3 is 2.41 bits per heavy atom. The van der Waals surface area contributed by atoms with Gasteiger partial charge in [-0.1, -0.05) is 66.7 Å². The molecule has 0 aliphatic rings. The fourth-order valence-corrected chi connectivity index (χ4v) is 4.41. The van der Waals surface area contributed by atoms with Crippen molar-refractivity contribution in [3.63, 3.8) is 0 Å². The van der Waals surface area contributed by atoms with Crippen molar-refractivity contribution in [2.45, 2.75) is 11.8 Å². The first-order chi connectivity index (χ1) is 16.7. The van der Waals surface area contributed by atoms with Crippen molar-refractivity contribution in [1.82, 2.24) is 5.43 Å². The molecule has 4 rings (SSSR count). The quantitative estimate of drug-likeness (QED) is 0.157. The monoisotopic (exact) mass is 472 g/mol. The molecule has 0 fully saturated rings. The molecule has 0 saturated heterocycles. The highest BCUT2D eigenvalue weighted by atomic mass is 32.2. The maximum atomic E-state index is 12.4. The number of carbonyl (C=O) groups excluding carboxylic acids is 2. The minimum absolute atomic E-state index is 0.207. The van der Waals surface area contributed by atoms with Gasteiger partial charge in [0.1, 0.15) is 5.75 Å². The number of hydrogen-bond donors (Lipinski definition) is 1. The highest BCUT2D eigenvalue weighted by Gasteiger charge is 2.11. The van der Waals surface area contributed by atoms with Crippen molar-refractivity contribution in [2.24, 2.45) is 5.10 Å². The number of nitrogens with one attached hydrogen (secondary N) is 1. The molecule has 0 aliphatic heterocycles. The Morgan fingerprint density at radius 1 is 0.912 bits per heavy atom. The van der Waals surface area contributed by atoms with Crippen molar-refractivity contribution in [3.05, 3.63) is 84.4 Å². The lowest BCUT2D eigenvalue weighted by molar-refractivity contribution is -0.145. The molecule has 0 heterocycles. The number of carbonyl (C=O) groups is 2. The second-order valence-electron chi connectivity index (χ2n) is 7.35. The number of thioether (sulfide) groups is 1. The van der Waals surface area contributed by atoms with E-state index >= 15 is 0 Å². The second kappa shape index (κ2) is 11.3. The van der Waals surface area contributed by atoms with Crippen molar-refractivity contribution in [3.8, 4) is 5.75 Å². The molecule has 0 atom stereocenters. The number of nitrogens with zero attached hydrogens (tertiary/aromatic N) is 1. The van der Waals surface area contributed by atoms with Crippen LogP contribution in [0.4, 0.5) is 0 Å². The Kier molecular flexibility index (Phi) is 7.78. The van der Waals surface area contributed by atoms with E-state index in [0.717, 1.165) is 26.4 Å². The summed E-state index contributed by atoms with van der Waals surface area (Å²) >= 11 is 1.46. The van der Waals surface area contributed by atoms with Gasteiger partial charge in [0.15, 0.2) is 6.61 Å². The number of benzene rings is 4. The highest BCUT2D eigenvalue weighted by Crippen LogP contribution is 2.28. The van der Waals surface area contributed by atoms with Gasteiger partial charge in [0.25, 0.3) is 0 Å². The third kappa shape index (κ3) is 5.74. The van der Waals surface area contributed by atoms with E-state index < -0.39 is 5.97 Å². The van der Waals surface area contributed by atoms with Crippen LogP contribution in [-0.4, -0.2) is 37.1 Å². The van der Waals surface area contributed by atoms with E-state index in [4.69, 9.17) is 9.47 Å². The maximum Gasteiger partial charge on any atom is 0.344 e. The lowest BCUT2D eigenvalue weighted by Crippen LogP contribution is -2.20. The molecule has 6 nitrogen and oxygen atoms in total. The second-order valence-corrected chi connectivity index (χ2v) is 8.37. The van der Waals surface area contributed by atoms with Crippen molar-refractivity contribution in [2.75, 3.05) is 19.0 Å². The number of fused-ring (bicyclic) bond motifs is 2. The van der Waals surface area contributed by atoms with Gasteiger partial charge < -0.3 is 9.47 Å². The Morgan fingerprint density at radius 2 is 1.62 bits per heavy atom. The van der Waals surface area contributed by atoms with Gasteiger partial charge >= 0.3 is 5.97 Å². The first-order valence-electron chi connectivity index (χ1n) is 10.9. The van der Waals surface area contributed by atoms with Gasteiger partial charge in [-0.25, -0.2) is 10.2 Å². The smallest absolute Gasteiger partial charge is 0.344 e. The third-order valence-electron chi connectivity index (χ3n) is 5.07. The summed E-state index contributed by atoms with van der Waals surface area (Å²) in [4.78, 5) is 25.2. The topological polar surface area (TPSA) is 77.0 Å². The van der Waals surface area contributed by atoms with E-state index in [1.807, 2.05) is 60.7 Å². The summed E-state index contributed by atoms with van der Waals surface area (Å²) < 4.78 is 10.6. The molecular formula is C27H24N2O4S. The van der Waals surface area contributed by atoms with Gasteiger partial charge in [-0.2, -0.15) is 5.10 Å². The van der Waals surface area contributed by atoms with Gasteiger partial charge in [-0.15, -0.1) is 11.8 Å². The SMILES string of the molecule is CCOC(=O)COc1ccc2ccccc2c1/C=N/NC(=O)CSc1cccc2ccccc12. The Labute approximate surface area is 201 Å². The van der Waals surface area contributed by atoms with Crippen molar-refractivity contribution >= 4 is 51.4 Å². The van der Waals surface area contributed by atoms with Gasteiger partial charge in [0.2, 0.25) is 5.91 Å². The summed E-state index contributed by atoms with van der Waals surface area (Å²) in [7, 11) is 0. The minimum Gasteiger partial charge on any atom is -0.481 e. The standard InChI is InChI=1S/C27H24N2O4S/c1-2-32-27(31)17-33-24-15-14-20-9-3-5-11-21(20)23(24)16-28-29-26(30)18-34-25-13-7-10-19-8-4-6-12-22(19)25/h3-16H,2,17-18H2,1H3,(H,29,30)/b28-16+. The van der Waals surface area contributed by atoms with E-state index in [1.165, 1.54) is 11.8 Å². The largest absolute Gasteiger partial charge is 0.481 e. The number of hydrazone groups is 1. The Hall–Kier alpha value is -3.84. The highest BCUT2D eigenvalue weighted by molar-refractivity contribution is 8.00. The van der Waals surface area contributed by atoms with E-state index in [-0.39, 0.29) is 24.9 Å². The maximum absolute atomic E-state index is 12.4. The summed E-state index contributed by atoms with van der Waals surface area (Å²) in [6, 6.07) is 25.6. The van der Waals surface area contributed by atoms with Crippen LogP contribution in [0.2, 0.25) is 0 Å². The molecule has 0 aromatic heterocycles. The molecule has 0 aliphatic carbocycles. The lowest BCUT2D eigenvalue weighted by Gasteiger charge is -2.11. The minimum atomic E-state index is -0.447. The van der Waals surface area contributed by atoms with E-state index in [0.29, 0.717) is 11.3 Å². The molecule has 0 radical (unpaired) electrons. The van der Waals surface area contributed by atoms with Crippen LogP contribution in [0.1, 0.15) is 12.5 Å². The number of hydrogen-bond acceptors (Lipinski definition) is 6. The van der Waals surface area contributed by atoms with E-state index in [1.54, 1.807) is 19.2 Å². The average molecular weight is 473 g/mol. The first kappa shape index (κ1) is 23.3. The molecule has 4 aromatic rings. The molecule has 0 saturated carbocycles. The lowest BCUT2D eigenvalue weighted by atomic mass is 10.0. The normalized spacial score (nSPS) is 11.1. The number of esters is 1. The Balaban J connectivity index is 1.45. The summed E-state index contributed by atoms with van der Waals surface area (Å²) in [6.07, 6.45) is 1.54. The number of ether oxygens (including phenoxy) is 2. The molecule has 34 heavy (non-hydrogen) atoms. The van der Waals surface area contributed by atoms with Crippen LogP contribution < -0.4 is 10.2 Å². The zero-order valence-corrected chi connectivity index (χ0v) is 19.5. The third-order valence-corrected chi connectivity index (χ3v) is 6.15. The molecule has 0 spiro atoms. The molecule has 4 aromatic carbocycles. The van der Waals surface area contributed by atoms with Gasteiger partial charge in [-0.05, 0) is 40.6 Å².